The topological polar surface area (TPSA) is 34.6 Å². The largest absolute Gasteiger partial charge is 0.496 e. The normalized spacial score (nSPS) is 18.0. The lowest BCUT2D eigenvalue weighted by atomic mass is 10.1. The van der Waals surface area contributed by atoms with Crippen LogP contribution in [0.3, 0.4) is 0 Å². The van der Waals surface area contributed by atoms with Crippen LogP contribution in [-0.4, -0.2) is 43.8 Å². The Morgan fingerprint density at radius 3 is 3.05 bits per heavy atom. The molecule has 118 valence electrons. The molecule has 1 aromatic heterocycles. The van der Waals surface area contributed by atoms with Gasteiger partial charge in [0.2, 0.25) is 0 Å². The summed E-state index contributed by atoms with van der Waals surface area (Å²) in [6.07, 6.45) is 1.17. The molecule has 0 N–H and O–H groups in total. The minimum Gasteiger partial charge on any atom is -0.496 e. The molecule has 2 aromatic rings. The van der Waals surface area contributed by atoms with Crippen LogP contribution in [0.25, 0.3) is 10.6 Å². The Morgan fingerprint density at radius 1 is 1.41 bits per heavy atom. The van der Waals surface area contributed by atoms with Gasteiger partial charge in [-0.1, -0.05) is 12.1 Å². The van der Waals surface area contributed by atoms with Gasteiger partial charge in [0.15, 0.2) is 0 Å². The first-order valence-electron chi connectivity index (χ1n) is 7.60. The zero-order valence-corrected chi connectivity index (χ0v) is 13.9. The Hall–Kier alpha value is -1.43. The first kappa shape index (κ1) is 15.5. The summed E-state index contributed by atoms with van der Waals surface area (Å²) in [7, 11) is 3.85. The van der Waals surface area contributed by atoms with Gasteiger partial charge in [-0.25, -0.2) is 4.98 Å². The van der Waals surface area contributed by atoms with Crippen LogP contribution in [0.4, 0.5) is 0 Å². The summed E-state index contributed by atoms with van der Waals surface area (Å²) >= 11 is 1.67. The summed E-state index contributed by atoms with van der Waals surface area (Å²) in [6, 6.07) is 8.03. The van der Waals surface area contributed by atoms with Gasteiger partial charge in [-0.15, -0.1) is 11.3 Å². The van der Waals surface area contributed by atoms with E-state index in [-0.39, 0.29) is 0 Å². The quantitative estimate of drug-likeness (QED) is 0.818. The second-order valence-electron chi connectivity index (χ2n) is 5.77. The third-order valence-corrected chi connectivity index (χ3v) is 4.84. The molecule has 1 fully saturated rings. The van der Waals surface area contributed by atoms with E-state index >= 15 is 0 Å². The summed E-state index contributed by atoms with van der Waals surface area (Å²) < 4.78 is 10.9. The minimum absolute atomic E-state index is 0.664. The zero-order chi connectivity index (χ0) is 15.4. The fraction of sp³-hybridized carbons (Fsp3) is 0.471. The lowest BCUT2D eigenvalue weighted by molar-refractivity contribution is 0.172. The Morgan fingerprint density at radius 2 is 2.27 bits per heavy atom. The molecule has 4 nitrogen and oxygen atoms in total. The van der Waals surface area contributed by atoms with Crippen molar-refractivity contribution in [3.63, 3.8) is 0 Å². The Kier molecular flexibility index (Phi) is 5.08. The summed E-state index contributed by atoms with van der Waals surface area (Å²) in [6.45, 7) is 3.75. The van der Waals surface area contributed by atoms with E-state index < -0.39 is 0 Å². The maximum Gasteiger partial charge on any atom is 0.129 e. The van der Waals surface area contributed by atoms with Gasteiger partial charge in [0.1, 0.15) is 10.8 Å². The molecule has 0 radical (unpaired) electrons. The lowest BCUT2D eigenvalue weighted by Gasteiger charge is -2.18. The van der Waals surface area contributed by atoms with Crippen molar-refractivity contribution in [2.75, 3.05) is 33.9 Å². The third-order valence-electron chi connectivity index (χ3n) is 3.91. The van der Waals surface area contributed by atoms with Crippen molar-refractivity contribution in [1.29, 1.82) is 0 Å². The molecule has 22 heavy (non-hydrogen) atoms. The number of hydrogen-bond donors (Lipinski definition) is 0. The fourth-order valence-corrected chi connectivity index (χ4v) is 3.67. The molecule has 1 aliphatic rings. The fourth-order valence-electron chi connectivity index (χ4n) is 2.83. The van der Waals surface area contributed by atoms with E-state index in [0.29, 0.717) is 5.92 Å². The van der Waals surface area contributed by atoms with E-state index in [0.717, 1.165) is 48.3 Å². The number of ether oxygens (including phenoxy) is 2. The Balaban J connectivity index is 1.65. The van der Waals surface area contributed by atoms with Crippen LogP contribution in [0.1, 0.15) is 12.1 Å². The number of benzene rings is 1. The first-order valence-corrected chi connectivity index (χ1v) is 8.48. The van der Waals surface area contributed by atoms with E-state index in [4.69, 9.17) is 14.5 Å². The van der Waals surface area contributed by atoms with Crippen LogP contribution in [0.5, 0.6) is 5.75 Å². The van der Waals surface area contributed by atoms with E-state index in [1.807, 2.05) is 18.2 Å². The van der Waals surface area contributed by atoms with E-state index in [2.05, 4.69) is 23.4 Å². The molecule has 1 aromatic carbocycles. The molecule has 1 aliphatic heterocycles. The van der Waals surface area contributed by atoms with Gasteiger partial charge in [0.25, 0.3) is 0 Å². The van der Waals surface area contributed by atoms with E-state index in [1.165, 1.54) is 6.42 Å². The van der Waals surface area contributed by atoms with Crippen LogP contribution in [-0.2, 0) is 11.3 Å². The number of hydrogen-bond acceptors (Lipinski definition) is 5. The number of nitrogens with zero attached hydrogens (tertiary/aromatic N) is 2. The maximum atomic E-state index is 5.44. The van der Waals surface area contributed by atoms with E-state index in [1.54, 1.807) is 18.4 Å². The average molecular weight is 318 g/mol. The highest BCUT2D eigenvalue weighted by molar-refractivity contribution is 7.13. The Bertz CT molecular complexity index is 608. The van der Waals surface area contributed by atoms with Crippen molar-refractivity contribution >= 4 is 11.3 Å². The number of rotatable bonds is 6. The molecule has 1 atom stereocenters. The molecule has 0 aliphatic carbocycles. The molecule has 0 bridgehead atoms. The molecule has 3 rings (SSSR count). The second-order valence-corrected chi connectivity index (χ2v) is 6.63. The van der Waals surface area contributed by atoms with Gasteiger partial charge in [-0.3, -0.25) is 0 Å². The molecular weight excluding hydrogens is 296 g/mol. The smallest absolute Gasteiger partial charge is 0.129 e. The first-order chi connectivity index (χ1) is 10.8. The van der Waals surface area contributed by atoms with Gasteiger partial charge in [0.05, 0.1) is 25.0 Å². The van der Waals surface area contributed by atoms with Crippen molar-refractivity contribution in [2.24, 2.45) is 5.92 Å². The van der Waals surface area contributed by atoms with Crippen LogP contribution < -0.4 is 4.74 Å². The van der Waals surface area contributed by atoms with Gasteiger partial charge >= 0.3 is 0 Å². The van der Waals surface area contributed by atoms with Crippen LogP contribution in [0.15, 0.2) is 29.6 Å². The standard InChI is InChI=1S/C17H22N2O2S/c1-19(9-13-7-8-21-11-13)10-14-12-22-17(18-14)15-5-3-4-6-16(15)20-2/h3-6,12-13H,7-11H2,1-2H3. The van der Waals surface area contributed by atoms with E-state index in [9.17, 15) is 0 Å². The predicted octanol–water partition coefficient (Wildman–Crippen LogP) is 3.29. The Labute approximate surface area is 135 Å². The summed E-state index contributed by atoms with van der Waals surface area (Å²) in [4.78, 5) is 7.10. The highest BCUT2D eigenvalue weighted by atomic mass is 32.1. The van der Waals surface area contributed by atoms with Crippen LogP contribution in [0.2, 0.25) is 0 Å². The van der Waals surface area contributed by atoms with Crippen LogP contribution in [0, 0.1) is 5.92 Å². The lowest BCUT2D eigenvalue weighted by Crippen LogP contribution is -2.25. The van der Waals surface area contributed by atoms with Gasteiger partial charge in [0, 0.05) is 25.1 Å². The van der Waals surface area contributed by atoms with Crippen molar-refractivity contribution in [2.45, 2.75) is 13.0 Å². The molecule has 0 spiro atoms. The highest BCUT2D eigenvalue weighted by Crippen LogP contribution is 2.32. The number of methoxy groups -OCH3 is 1. The van der Waals surface area contributed by atoms with Crippen molar-refractivity contribution < 1.29 is 9.47 Å². The molecule has 1 saturated heterocycles. The average Bonchev–Trinajstić information content (AvgIpc) is 3.19. The zero-order valence-electron chi connectivity index (χ0n) is 13.1. The van der Waals surface area contributed by atoms with Gasteiger partial charge in [-0.2, -0.15) is 0 Å². The predicted molar refractivity (Wildman–Crippen MR) is 89.4 cm³/mol. The van der Waals surface area contributed by atoms with Crippen LogP contribution >= 0.6 is 11.3 Å². The SMILES string of the molecule is COc1ccccc1-c1nc(CN(C)CC2CCOC2)cs1. The molecule has 1 unspecified atom stereocenters. The molecule has 0 saturated carbocycles. The molecule has 0 amide bonds. The second kappa shape index (κ2) is 7.22. The summed E-state index contributed by atoms with van der Waals surface area (Å²) in [5.74, 6) is 1.54. The summed E-state index contributed by atoms with van der Waals surface area (Å²) in [5, 5.41) is 3.16. The molecular formula is C17H22N2O2S. The third kappa shape index (κ3) is 3.66. The maximum absolute atomic E-state index is 5.44. The van der Waals surface area contributed by atoms with Gasteiger partial charge < -0.3 is 14.4 Å². The van der Waals surface area contributed by atoms with Crippen molar-refractivity contribution in [3.8, 4) is 16.3 Å². The monoisotopic (exact) mass is 318 g/mol. The number of aromatic nitrogens is 1. The van der Waals surface area contributed by atoms with Crippen molar-refractivity contribution in [1.82, 2.24) is 9.88 Å². The highest BCUT2D eigenvalue weighted by Gasteiger charge is 2.18. The number of para-hydroxylation sites is 1. The summed E-state index contributed by atoms with van der Waals surface area (Å²) in [5.41, 5.74) is 2.18. The van der Waals surface area contributed by atoms with Crippen molar-refractivity contribution in [3.05, 3.63) is 35.3 Å². The molecule has 2 heterocycles. The molecule has 5 heteroatoms. The number of thiazole rings is 1. The minimum atomic E-state index is 0.664. The van der Waals surface area contributed by atoms with Gasteiger partial charge in [-0.05, 0) is 31.5 Å².